The molecule has 0 atom stereocenters. The second-order valence-corrected chi connectivity index (χ2v) is 5.63. The number of anilines is 2. The minimum atomic E-state index is -0.255. The molecule has 7 heteroatoms. The van der Waals surface area contributed by atoms with Crippen LogP contribution in [0.5, 0.6) is 11.5 Å². The Bertz CT molecular complexity index is 931. The average Bonchev–Trinajstić information content (AvgIpc) is 3.15. The third-order valence-corrected chi connectivity index (χ3v) is 3.89. The number of carbonyl (C=O) groups is 1. The van der Waals surface area contributed by atoms with Crippen molar-refractivity contribution >= 4 is 17.4 Å². The molecule has 1 amide bonds. The largest absolute Gasteiger partial charge is 0.454 e. The Labute approximate surface area is 150 Å². The summed E-state index contributed by atoms with van der Waals surface area (Å²) >= 11 is 0. The van der Waals surface area contributed by atoms with E-state index >= 15 is 0 Å². The van der Waals surface area contributed by atoms with Crippen LogP contribution in [0, 0.1) is 0 Å². The van der Waals surface area contributed by atoms with Crippen molar-refractivity contribution in [3.8, 4) is 11.5 Å². The molecule has 0 spiro atoms. The normalized spacial score (nSPS) is 11.8. The molecule has 1 aromatic carbocycles. The lowest BCUT2D eigenvalue weighted by Gasteiger charge is -2.11. The molecule has 0 saturated heterocycles. The van der Waals surface area contributed by atoms with Gasteiger partial charge in [-0.15, -0.1) is 0 Å². The number of hydrogen-bond donors (Lipinski definition) is 2. The SMILES string of the molecule is O=C(Nc1ccc2c(c1)OCO2)c1cccnc1NCc1ccncc1. The van der Waals surface area contributed by atoms with Gasteiger partial charge < -0.3 is 20.1 Å². The molecule has 3 aromatic rings. The number of amides is 1. The van der Waals surface area contributed by atoms with Crippen LogP contribution in [0.25, 0.3) is 0 Å². The lowest BCUT2D eigenvalue weighted by Crippen LogP contribution is -2.15. The summed E-state index contributed by atoms with van der Waals surface area (Å²) in [5, 5.41) is 6.06. The maximum absolute atomic E-state index is 12.7. The number of nitrogens with one attached hydrogen (secondary N) is 2. The first-order valence-corrected chi connectivity index (χ1v) is 8.08. The summed E-state index contributed by atoms with van der Waals surface area (Å²) in [5.41, 5.74) is 2.13. The maximum Gasteiger partial charge on any atom is 0.259 e. The van der Waals surface area contributed by atoms with Crippen LogP contribution >= 0.6 is 0 Å². The van der Waals surface area contributed by atoms with Crippen LogP contribution in [0.2, 0.25) is 0 Å². The molecule has 4 rings (SSSR count). The van der Waals surface area contributed by atoms with Crippen molar-refractivity contribution < 1.29 is 14.3 Å². The van der Waals surface area contributed by atoms with Gasteiger partial charge in [0.05, 0.1) is 5.56 Å². The summed E-state index contributed by atoms with van der Waals surface area (Å²) in [5.74, 6) is 1.55. The second-order valence-electron chi connectivity index (χ2n) is 5.63. The molecule has 26 heavy (non-hydrogen) atoms. The van der Waals surface area contributed by atoms with E-state index in [4.69, 9.17) is 9.47 Å². The molecule has 0 aliphatic carbocycles. The molecular weight excluding hydrogens is 332 g/mol. The Morgan fingerprint density at radius 2 is 1.88 bits per heavy atom. The van der Waals surface area contributed by atoms with Crippen molar-refractivity contribution in [3.63, 3.8) is 0 Å². The third-order valence-electron chi connectivity index (χ3n) is 3.89. The van der Waals surface area contributed by atoms with E-state index < -0.39 is 0 Å². The fraction of sp³-hybridized carbons (Fsp3) is 0.105. The van der Waals surface area contributed by atoms with E-state index in [9.17, 15) is 4.79 Å². The fourth-order valence-corrected chi connectivity index (χ4v) is 2.59. The zero-order chi connectivity index (χ0) is 17.8. The van der Waals surface area contributed by atoms with Gasteiger partial charge in [0.2, 0.25) is 6.79 Å². The summed E-state index contributed by atoms with van der Waals surface area (Å²) in [7, 11) is 0. The summed E-state index contributed by atoms with van der Waals surface area (Å²) in [6, 6.07) is 12.5. The van der Waals surface area contributed by atoms with Crippen LogP contribution in [0.3, 0.4) is 0 Å². The summed E-state index contributed by atoms with van der Waals surface area (Å²) in [6.07, 6.45) is 5.09. The van der Waals surface area contributed by atoms with Gasteiger partial charge in [-0.1, -0.05) is 0 Å². The van der Waals surface area contributed by atoms with Crippen LogP contribution in [0.1, 0.15) is 15.9 Å². The number of pyridine rings is 2. The van der Waals surface area contributed by atoms with Crippen LogP contribution < -0.4 is 20.1 Å². The van der Waals surface area contributed by atoms with E-state index in [1.54, 1.807) is 48.9 Å². The van der Waals surface area contributed by atoms with Gasteiger partial charge in [-0.05, 0) is 42.0 Å². The number of nitrogens with zero attached hydrogens (tertiary/aromatic N) is 2. The summed E-state index contributed by atoms with van der Waals surface area (Å²) in [6.45, 7) is 0.738. The molecule has 1 aliphatic heterocycles. The zero-order valence-electron chi connectivity index (χ0n) is 13.8. The molecule has 0 radical (unpaired) electrons. The first-order chi connectivity index (χ1) is 12.8. The standard InChI is InChI=1S/C19H16N4O3/c24-19(23-14-3-4-16-17(10-14)26-12-25-16)15-2-1-7-21-18(15)22-11-13-5-8-20-9-6-13/h1-10H,11-12H2,(H,21,22)(H,23,24). The molecule has 1 aliphatic rings. The van der Waals surface area contributed by atoms with E-state index in [2.05, 4.69) is 20.6 Å². The van der Waals surface area contributed by atoms with Gasteiger partial charge in [-0.2, -0.15) is 0 Å². The summed E-state index contributed by atoms with van der Waals surface area (Å²) < 4.78 is 10.6. The number of rotatable bonds is 5. The average molecular weight is 348 g/mol. The molecule has 0 fully saturated rings. The van der Waals surface area contributed by atoms with E-state index in [1.165, 1.54) is 0 Å². The molecule has 0 bridgehead atoms. The van der Waals surface area contributed by atoms with E-state index in [-0.39, 0.29) is 12.7 Å². The van der Waals surface area contributed by atoms with Gasteiger partial charge in [-0.25, -0.2) is 4.98 Å². The van der Waals surface area contributed by atoms with Crippen molar-refractivity contribution in [2.45, 2.75) is 6.54 Å². The maximum atomic E-state index is 12.7. The topological polar surface area (TPSA) is 85.4 Å². The van der Waals surface area contributed by atoms with Gasteiger partial charge in [-0.3, -0.25) is 9.78 Å². The second kappa shape index (κ2) is 7.10. The molecule has 3 heterocycles. The number of carbonyl (C=O) groups excluding carboxylic acids is 1. The van der Waals surface area contributed by atoms with Crippen LogP contribution in [0.15, 0.2) is 61.1 Å². The molecule has 130 valence electrons. The van der Waals surface area contributed by atoms with E-state index in [1.807, 2.05) is 12.1 Å². The highest BCUT2D eigenvalue weighted by Crippen LogP contribution is 2.34. The third kappa shape index (κ3) is 3.41. The molecule has 7 nitrogen and oxygen atoms in total. The van der Waals surface area contributed by atoms with Crippen LogP contribution in [0.4, 0.5) is 11.5 Å². The molecule has 2 aromatic heterocycles. The first-order valence-electron chi connectivity index (χ1n) is 8.08. The number of hydrogen-bond acceptors (Lipinski definition) is 6. The van der Waals surface area contributed by atoms with Gasteiger partial charge in [0, 0.05) is 36.9 Å². The number of aromatic nitrogens is 2. The summed E-state index contributed by atoms with van der Waals surface area (Å²) in [4.78, 5) is 20.9. The first kappa shape index (κ1) is 15.9. The van der Waals surface area contributed by atoms with Gasteiger partial charge >= 0.3 is 0 Å². The molecule has 0 unspecified atom stereocenters. The Balaban J connectivity index is 1.49. The highest BCUT2D eigenvalue weighted by atomic mass is 16.7. The van der Waals surface area contributed by atoms with Crippen LogP contribution in [-0.4, -0.2) is 22.7 Å². The van der Waals surface area contributed by atoms with E-state index in [0.29, 0.717) is 35.1 Å². The quantitative estimate of drug-likeness (QED) is 0.737. The van der Waals surface area contributed by atoms with Gasteiger partial charge in [0.15, 0.2) is 11.5 Å². The van der Waals surface area contributed by atoms with Crippen LogP contribution in [-0.2, 0) is 6.54 Å². The van der Waals surface area contributed by atoms with Crippen molar-refractivity contribution in [2.75, 3.05) is 17.4 Å². The minimum Gasteiger partial charge on any atom is -0.454 e. The van der Waals surface area contributed by atoms with Crippen molar-refractivity contribution in [2.24, 2.45) is 0 Å². The number of ether oxygens (including phenoxy) is 2. The monoisotopic (exact) mass is 348 g/mol. The van der Waals surface area contributed by atoms with Crippen molar-refractivity contribution in [1.82, 2.24) is 9.97 Å². The minimum absolute atomic E-state index is 0.193. The highest BCUT2D eigenvalue weighted by Gasteiger charge is 2.16. The number of fused-ring (bicyclic) bond motifs is 1. The predicted molar refractivity (Wildman–Crippen MR) is 96.3 cm³/mol. The fourth-order valence-electron chi connectivity index (χ4n) is 2.59. The van der Waals surface area contributed by atoms with Crippen molar-refractivity contribution in [3.05, 3.63) is 72.2 Å². The number of benzene rings is 1. The van der Waals surface area contributed by atoms with Gasteiger partial charge in [0.1, 0.15) is 5.82 Å². The predicted octanol–water partition coefficient (Wildman–Crippen LogP) is 3.07. The Hall–Kier alpha value is -3.61. The molecule has 2 N–H and O–H groups in total. The van der Waals surface area contributed by atoms with E-state index in [0.717, 1.165) is 5.56 Å². The molecular formula is C19H16N4O3. The zero-order valence-corrected chi connectivity index (χ0v) is 13.8. The lowest BCUT2D eigenvalue weighted by molar-refractivity contribution is 0.102. The Morgan fingerprint density at radius 1 is 1.04 bits per heavy atom. The van der Waals surface area contributed by atoms with Crippen molar-refractivity contribution in [1.29, 1.82) is 0 Å². The molecule has 0 saturated carbocycles. The van der Waals surface area contributed by atoms with Gasteiger partial charge in [0.25, 0.3) is 5.91 Å². The smallest absolute Gasteiger partial charge is 0.259 e. The Kier molecular flexibility index (Phi) is 4.34. The Morgan fingerprint density at radius 3 is 2.77 bits per heavy atom. The lowest BCUT2D eigenvalue weighted by atomic mass is 10.2. The highest BCUT2D eigenvalue weighted by molar-refractivity contribution is 6.07.